The van der Waals surface area contributed by atoms with E-state index in [-0.39, 0.29) is 0 Å². The fourth-order valence-electron chi connectivity index (χ4n) is 1.26. The van der Waals surface area contributed by atoms with Gasteiger partial charge in [0.15, 0.2) is 5.82 Å². The average molecular weight is 221 g/mol. The maximum Gasteiger partial charge on any atom is 0.170 e. The molecule has 0 atom stereocenters. The number of rotatable bonds is 3. The van der Waals surface area contributed by atoms with Gasteiger partial charge in [-0.25, -0.2) is 0 Å². The summed E-state index contributed by atoms with van der Waals surface area (Å²) in [4.78, 5) is 1.21. The number of benzene rings is 1. The third kappa shape index (κ3) is 2.00. The number of thioether (sulfide) groups is 1. The molecule has 1 heterocycles. The molecule has 2 rings (SSSR count). The summed E-state index contributed by atoms with van der Waals surface area (Å²) in [5.74, 6) is 0.659. The van der Waals surface area contributed by atoms with Crippen LogP contribution in [0.1, 0.15) is 5.82 Å². The molecule has 0 aliphatic carbocycles. The Kier molecular flexibility index (Phi) is 2.98. The molecular formula is C9H11N5S. The highest BCUT2D eigenvalue weighted by Crippen LogP contribution is 2.16. The highest BCUT2D eigenvalue weighted by Gasteiger charge is 2.05. The van der Waals surface area contributed by atoms with Crippen molar-refractivity contribution in [2.45, 2.75) is 11.4 Å². The standard InChI is InChI=1S/C9H11N5S/c1-15-8-4-2-7(3-5-8)14-9(6-10)11-12-13-14/h2-5H,6,10H2,1H3. The summed E-state index contributed by atoms with van der Waals surface area (Å²) >= 11 is 1.70. The Hall–Kier alpha value is -1.40. The van der Waals surface area contributed by atoms with Crippen LogP contribution in [-0.4, -0.2) is 26.5 Å². The molecule has 0 fully saturated rings. The second-order valence-electron chi connectivity index (χ2n) is 2.91. The molecule has 78 valence electrons. The molecule has 5 nitrogen and oxygen atoms in total. The Balaban J connectivity index is 2.37. The first-order valence-corrected chi connectivity index (χ1v) is 5.69. The fraction of sp³-hybridized carbons (Fsp3) is 0.222. The van der Waals surface area contributed by atoms with Gasteiger partial charge < -0.3 is 5.73 Å². The van der Waals surface area contributed by atoms with E-state index >= 15 is 0 Å². The van der Waals surface area contributed by atoms with Gasteiger partial charge in [-0.15, -0.1) is 16.9 Å². The lowest BCUT2D eigenvalue weighted by atomic mass is 10.3. The Labute approximate surface area is 91.7 Å². The van der Waals surface area contributed by atoms with Crippen LogP contribution in [0.4, 0.5) is 0 Å². The number of hydrogen-bond acceptors (Lipinski definition) is 5. The van der Waals surface area contributed by atoms with Crippen molar-refractivity contribution in [2.24, 2.45) is 5.73 Å². The van der Waals surface area contributed by atoms with Crippen LogP contribution in [-0.2, 0) is 6.54 Å². The predicted molar refractivity (Wildman–Crippen MR) is 58.8 cm³/mol. The largest absolute Gasteiger partial charge is 0.324 e. The van der Waals surface area contributed by atoms with Crippen molar-refractivity contribution in [1.82, 2.24) is 20.2 Å². The molecule has 1 aromatic carbocycles. The Morgan fingerprint density at radius 3 is 2.67 bits per heavy atom. The molecule has 0 amide bonds. The molecular weight excluding hydrogens is 210 g/mol. The first-order valence-electron chi connectivity index (χ1n) is 4.47. The number of aromatic nitrogens is 4. The lowest BCUT2D eigenvalue weighted by molar-refractivity contribution is 0.761. The summed E-state index contributed by atoms with van der Waals surface area (Å²) in [6, 6.07) is 8.01. The van der Waals surface area contributed by atoms with E-state index in [1.165, 1.54) is 4.90 Å². The van der Waals surface area contributed by atoms with Crippen LogP contribution in [0, 0.1) is 0 Å². The summed E-state index contributed by atoms with van der Waals surface area (Å²) in [6.45, 7) is 0.331. The van der Waals surface area contributed by atoms with Crippen LogP contribution in [0.3, 0.4) is 0 Å². The molecule has 2 N–H and O–H groups in total. The number of tetrazole rings is 1. The lowest BCUT2D eigenvalue weighted by Crippen LogP contribution is -2.07. The molecule has 6 heteroatoms. The minimum Gasteiger partial charge on any atom is -0.324 e. The minimum atomic E-state index is 0.331. The van der Waals surface area contributed by atoms with Crippen LogP contribution in [0.15, 0.2) is 29.2 Å². The zero-order valence-electron chi connectivity index (χ0n) is 8.29. The predicted octanol–water partition coefficient (Wildman–Crippen LogP) is 0.843. The van der Waals surface area contributed by atoms with Crippen LogP contribution in [0.2, 0.25) is 0 Å². The summed E-state index contributed by atoms with van der Waals surface area (Å²) in [5.41, 5.74) is 6.45. The number of nitrogens with two attached hydrogens (primary N) is 1. The highest BCUT2D eigenvalue weighted by molar-refractivity contribution is 7.98. The van der Waals surface area contributed by atoms with Crippen molar-refractivity contribution in [2.75, 3.05) is 6.26 Å². The smallest absolute Gasteiger partial charge is 0.170 e. The zero-order chi connectivity index (χ0) is 10.7. The molecule has 2 aromatic rings. The first-order chi connectivity index (χ1) is 7.35. The van der Waals surface area contributed by atoms with Gasteiger partial charge in [0.2, 0.25) is 0 Å². The molecule has 1 aromatic heterocycles. The van der Waals surface area contributed by atoms with E-state index in [0.29, 0.717) is 12.4 Å². The zero-order valence-corrected chi connectivity index (χ0v) is 9.11. The van der Waals surface area contributed by atoms with Gasteiger partial charge in [0.1, 0.15) is 0 Å². The summed E-state index contributed by atoms with van der Waals surface area (Å²) in [5, 5.41) is 11.3. The van der Waals surface area contributed by atoms with E-state index in [1.807, 2.05) is 30.5 Å². The van der Waals surface area contributed by atoms with Crippen molar-refractivity contribution in [3.05, 3.63) is 30.1 Å². The number of hydrogen-bond donors (Lipinski definition) is 1. The van der Waals surface area contributed by atoms with Crippen molar-refractivity contribution < 1.29 is 0 Å². The van der Waals surface area contributed by atoms with Crippen molar-refractivity contribution >= 4 is 11.8 Å². The van der Waals surface area contributed by atoms with Crippen molar-refractivity contribution in [3.8, 4) is 5.69 Å². The number of nitrogens with zero attached hydrogens (tertiary/aromatic N) is 4. The maximum atomic E-state index is 5.52. The van der Waals surface area contributed by atoms with Gasteiger partial charge in [-0.05, 0) is 40.9 Å². The van der Waals surface area contributed by atoms with Crippen LogP contribution < -0.4 is 5.73 Å². The first kappa shape index (κ1) is 10.1. The van der Waals surface area contributed by atoms with Gasteiger partial charge in [-0.3, -0.25) is 0 Å². The molecule has 0 saturated carbocycles. The fourth-order valence-corrected chi connectivity index (χ4v) is 1.67. The molecule has 0 unspecified atom stereocenters. The van der Waals surface area contributed by atoms with Crippen LogP contribution >= 0.6 is 11.8 Å². The summed E-state index contributed by atoms with van der Waals surface area (Å²) in [7, 11) is 0. The second-order valence-corrected chi connectivity index (χ2v) is 3.79. The van der Waals surface area contributed by atoms with Crippen molar-refractivity contribution in [1.29, 1.82) is 0 Å². The maximum absolute atomic E-state index is 5.52. The van der Waals surface area contributed by atoms with Gasteiger partial charge in [-0.1, -0.05) is 0 Å². The summed E-state index contributed by atoms with van der Waals surface area (Å²) in [6.07, 6.45) is 2.04. The Morgan fingerprint density at radius 1 is 1.33 bits per heavy atom. The van der Waals surface area contributed by atoms with Gasteiger partial charge in [0, 0.05) is 4.90 Å². The molecule has 0 aliphatic rings. The van der Waals surface area contributed by atoms with E-state index in [9.17, 15) is 0 Å². The quantitative estimate of drug-likeness (QED) is 0.778. The second kappa shape index (κ2) is 4.41. The Bertz CT molecular complexity index is 436. The molecule has 0 radical (unpaired) electrons. The average Bonchev–Trinajstić information content (AvgIpc) is 2.77. The van der Waals surface area contributed by atoms with E-state index in [0.717, 1.165) is 5.69 Å². The van der Waals surface area contributed by atoms with Gasteiger partial charge in [0.05, 0.1) is 12.2 Å². The lowest BCUT2D eigenvalue weighted by Gasteiger charge is -2.03. The SMILES string of the molecule is CSc1ccc(-n2nnnc2CN)cc1. The minimum absolute atomic E-state index is 0.331. The molecule has 0 bridgehead atoms. The van der Waals surface area contributed by atoms with Gasteiger partial charge >= 0.3 is 0 Å². The molecule has 0 saturated heterocycles. The van der Waals surface area contributed by atoms with E-state index < -0.39 is 0 Å². The van der Waals surface area contributed by atoms with Gasteiger partial charge in [0.25, 0.3) is 0 Å². The molecule has 15 heavy (non-hydrogen) atoms. The highest BCUT2D eigenvalue weighted by atomic mass is 32.2. The summed E-state index contributed by atoms with van der Waals surface area (Å²) < 4.78 is 1.64. The van der Waals surface area contributed by atoms with Crippen LogP contribution in [0.5, 0.6) is 0 Å². The molecule has 0 spiro atoms. The normalized spacial score (nSPS) is 10.5. The third-order valence-electron chi connectivity index (χ3n) is 2.03. The van der Waals surface area contributed by atoms with Gasteiger partial charge in [-0.2, -0.15) is 4.68 Å². The van der Waals surface area contributed by atoms with Crippen LogP contribution in [0.25, 0.3) is 5.69 Å². The van der Waals surface area contributed by atoms with E-state index in [4.69, 9.17) is 5.73 Å². The van der Waals surface area contributed by atoms with E-state index in [1.54, 1.807) is 16.4 Å². The van der Waals surface area contributed by atoms with E-state index in [2.05, 4.69) is 15.5 Å². The third-order valence-corrected chi connectivity index (χ3v) is 2.78. The van der Waals surface area contributed by atoms with Crippen molar-refractivity contribution in [3.63, 3.8) is 0 Å². The Morgan fingerprint density at radius 2 is 2.07 bits per heavy atom. The topological polar surface area (TPSA) is 69.6 Å². The monoisotopic (exact) mass is 221 g/mol. The molecule has 0 aliphatic heterocycles.